The maximum atomic E-state index is 13.0. The fourth-order valence-corrected chi connectivity index (χ4v) is 5.34. The molecule has 0 bridgehead atoms. The van der Waals surface area contributed by atoms with Gasteiger partial charge in [0.15, 0.2) is 0 Å². The van der Waals surface area contributed by atoms with Gasteiger partial charge in [-0.15, -0.1) is 11.8 Å². The molecular weight excluding hydrogens is 544 g/mol. The van der Waals surface area contributed by atoms with Gasteiger partial charge in [-0.3, -0.25) is 19.7 Å². The van der Waals surface area contributed by atoms with E-state index in [4.69, 9.17) is 0 Å². The molecular formula is C26H25BrN4O4S. The first-order chi connectivity index (χ1) is 17.3. The number of rotatable bonds is 6. The highest BCUT2D eigenvalue weighted by Gasteiger charge is 2.27. The van der Waals surface area contributed by atoms with Crippen molar-refractivity contribution in [1.29, 1.82) is 0 Å². The molecule has 1 N–H and O–H groups in total. The van der Waals surface area contributed by atoms with Crippen LogP contribution in [0, 0.1) is 17.0 Å². The zero-order valence-corrected chi connectivity index (χ0v) is 22.3. The van der Waals surface area contributed by atoms with E-state index in [0.29, 0.717) is 50.9 Å². The first-order valence-electron chi connectivity index (χ1n) is 11.4. The number of aromatic nitrogens is 1. The van der Waals surface area contributed by atoms with Crippen LogP contribution in [0.4, 0.5) is 11.4 Å². The van der Waals surface area contributed by atoms with Gasteiger partial charge in [-0.05, 0) is 67.8 Å². The predicted octanol–water partition coefficient (Wildman–Crippen LogP) is 6.05. The summed E-state index contributed by atoms with van der Waals surface area (Å²) in [5.41, 5.74) is 3.15. The maximum absolute atomic E-state index is 13.0. The van der Waals surface area contributed by atoms with Crippen LogP contribution in [0.25, 0.3) is 0 Å². The molecule has 0 spiro atoms. The van der Waals surface area contributed by atoms with Crippen molar-refractivity contribution in [2.24, 2.45) is 0 Å². The average Bonchev–Trinajstić information content (AvgIpc) is 2.90. The van der Waals surface area contributed by atoms with Crippen molar-refractivity contribution < 1.29 is 14.5 Å². The van der Waals surface area contributed by atoms with Gasteiger partial charge in [0, 0.05) is 46.6 Å². The van der Waals surface area contributed by atoms with Crippen LogP contribution in [0.15, 0.2) is 64.2 Å². The third-order valence-electron chi connectivity index (χ3n) is 6.39. The number of hydrogen-bond acceptors (Lipinski definition) is 6. The van der Waals surface area contributed by atoms with Gasteiger partial charge < -0.3 is 10.2 Å². The SMILES string of the molecule is CSc1ncccc1C(=O)Nc1ccc(C2CCN(C(=O)c3cc(Br)c(C)c([N+](=O)[O-])c3)CC2)cc1. The van der Waals surface area contributed by atoms with Gasteiger partial charge in [-0.2, -0.15) is 0 Å². The quantitative estimate of drug-likeness (QED) is 0.220. The summed E-state index contributed by atoms with van der Waals surface area (Å²) in [6.45, 7) is 2.79. The zero-order valence-electron chi connectivity index (χ0n) is 19.9. The summed E-state index contributed by atoms with van der Waals surface area (Å²) in [6, 6.07) is 14.3. The fraction of sp³-hybridized carbons (Fsp3) is 0.269. The molecule has 36 heavy (non-hydrogen) atoms. The molecule has 10 heteroatoms. The van der Waals surface area contributed by atoms with E-state index in [0.717, 1.165) is 18.4 Å². The molecule has 4 rings (SSSR count). The van der Waals surface area contributed by atoms with E-state index in [2.05, 4.69) is 26.2 Å². The number of pyridine rings is 1. The molecule has 8 nitrogen and oxygen atoms in total. The van der Waals surface area contributed by atoms with Crippen LogP contribution in [0.3, 0.4) is 0 Å². The number of piperidine rings is 1. The van der Waals surface area contributed by atoms with Gasteiger partial charge in [0.1, 0.15) is 5.03 Å². The molecule has 2 heterocycles. The third-order valence-corrected chi connectivity index (χ3v) is 7.93. The number of benzene rings is 2. The molecule has 1 aliphatic heterocycles. The van der Waals surface area contributed by atoms with Crippen molar-refractivity contribution in [1.82, 2.24) is 9.88 Å². The lowest BCUT2D eigenvalue weighted by atomic mass is 9.89. The molecule has 1 fully saturated rings. The molecule has 0 aliphatic carbocycles. The number of nitro groups is 1. The number of hydrogen-bond donors (Lipinski definition) is 1. The fourth-order valence-electron chi connectivity index (χ4n) is 4.34. The van der Waals surface area contributed by atoms with Crippen LogP contribution in [0.5, 0.6) is 0 Å². The smallest absolute Gasteiger partial charge is 0.274 e. The van der Waals surface area contributed by atoms with Crippen LogP contribution >= 0.6 is 27.7 Å². The second-order valence-electron chi connectivity index (χ2n) is 8.56. The third kappa shape index (κ3) is 5.60. The minimum absolute atomic E-state index is 0.0667. The Morgan fingerprint density at radius 3 is 2.50 bits per heavy atom. The molecule has 1 aromatic heterocycles. The molecule has 0 atom stereocenters. The number of thioether (sulfide) groups is 1. The topological polar surface area (TPSA) is 105 Å². The summed E-state index contributed by atoms with van der Waals surface area (Å²) < 4.78 is 0.551. The molecule has 2 amide bonds. The minimum Gasteiger partial charge on any atom is -0.339 e. The number of nitro benzene ring substituents is 1. The molecule has 3 aromatic rings. The van der Waals surface area contributed by atoms with E-state index in [9.17, 15) is 19.7 Å². The van der Waals surface area contributed by atoms with Gasteiger partial charge in [0.2, 0.25) is 0 Å². The summed E-state index contributed by atoms with van der Waals surface area (Å²) in [5, 5.41) is 15.0. The Labute approximate surface area is 221 Å². The molecule has 0 unspecified atom stereocenters. The van der Waals surface area contributed by atoms with Gasteiger partial charge in [-0.1, -0.05) is 28.1 Å². The minimum atomic E-state index is -0.465. The van der Waals surface area contributed by atoms with Crippen molar-refractivity contribution in [3.05, 3.63) is 91.6 Å². The van der Waals surface area contributed by atoms with Gasteiger partial charge in [0.25, 0.3) is 17.5 Å². The molecule has 1 saturated heterocycles. The highest BCUT2D eigenvalue weighted by molar-refractivity contribution is 9.10. The number of halogens is 1. The second-order valence-corrected chi connectivity index (χ2v) is 10.2. The van der Waals surface area contributed by atoms with Crippen molar-refractivity contribution in [2.45, 2.75) is 30.7 Å². The summed E-state index contributed by atoms with van der Waals surface area (Å²) in [4.78, 5) is 42.5. The molecule has 1 aliphatic rings. The molecule has 0 radical (unpaired) electrons. The summed E-state index contributed by atoms with van der Waals surface area (Å²) in [6.07, 6.45) is 5.13. The number of carbonyl (C=O) groups is 2. The van der Waals surface area contributed by atoms with E-state index >= 15 is 0 Å². The maximum Gasteiger partial charge on any atom is 0.274 e. The van der Waals surface area contributed by atoms with E-state index < -0.39 is 4.92 Å². The number of nitrogens with one attached hydrogen (secondary N) is 1. The molecule has 186 valence electrons. The van der Waals surface area contributed by atoms with Crippen LogP contribution < -0.4 is 5.32 Å². The predicted molar refractivity (Wildman–Crippen MR) is 144 cm³/mol. The first kappa shape index (κ1) is 25.8. The Hall–Kier alpha value is -3.24. The second kappa shape index (κ2) is 11.2. The van der Waals surface area contributed by atoms with Crippen LogP contribution in [0.2, 0.25) is 0 Å². The number of amides is 2. The van der Waals surface area contributed by atoms with Crippen LogP contribution in [-0.2, 0) is 0 Å². The standard InChI is InChI=1S/C26H25BrN4O4S/c1-16-22(27)14-19(15-23(16)31(34)35)26(33)30-12-9-18(10-13-30)17-5-7-20(8-6-17)29-24(32)21-4-3-11-28-25(21)36-2/h3-8,11,14-15,18H,9-10,12-13H2,1-2H3,(H,29,32). The lowest BCUT2D eigenvalue weighted by molar-refractivity contribution is -0.385. The van der Waals surface area contributed by atoms with Crippen molar-refractivity contribution in [2.75, 3.05) is 24.7 Å². The van der Waals surface area contributed by atoms with Crippen molar-refractivity contribution in [3.8, 4) is 0 Å². The van der Waals surface area contributed by atoms with E-state index in [1.54, 1.807) is 36.2 Å². The Bertz CT molecular complexity index is 1310. The Morgan fingerprint density at radius 2 is 1.86 bits per heavy atom. The van der Waals surface area contributed by atoms with Crippen molar-refractivity contribution >= 4 is 50.9 Å². The Kier molecular flexibility index (Phi) is 8.05. The lowest BCUT2D eigenvalue weighted by Crippen LogP contribution is -2.38. The van der Waals surface area contributed by atoms with E-state index in [1.165, 1.54) is 17.8 Å². The van der Waals surface area contributed by atoms with E-state index in [1.807, 2.05) is 30.5 Å². The molecule has 2 aromatic carbocycles. The van der Waals surface area contributed by atoms with Gasteiger partial charge in [-0.25, -0.2) is 4.98 Å². The number of anilines is 1. The number of carbonyl (C=O) groups excluding carboxylic acids is 2. The van der Waals surface area contributed by atoms with Crippen LogP contribution in [0.1, 0.15) is 50.6 Å². The Morgan fingerprint density at radius 1 is 1.17 bits per heavy atom. The van der Waals surface area contributed by atoms with Gasteiger partial charge >= 0.3 is 0 Å². The van der Waals surface area contributed by atoms with Gasteiger partial charge in [0.05, 0.1) is 10.5 Å². The van der Waals surface area contributed by atoms with E-state index in [-0.39, 0.29) is 17.5 Å². The molecule has 0 saturated carbocycles. The number of likely N-dealkylation sites (tertiary alicyclic amines) is 1. The number of nitrogens with zero attached hydrogens (tertiary/aromatic N) is 3. The Balaban J connectivity index is 1.37. The van der Waals surface area contributed by atoms with Crippen LogP contribution in [-0.4, -0.2) is 46.0 Å². The summed E-state index contributed by atoms with van der Waals surface area (Å²) in [7, 11) is 0. The highest BCUT2D eigenvalue weighted by Crippen LogP contribution is 2.32. The zero-order chi connectivity index (χ0) is 25.8. The lowest BCUT2D eigenvalue weighted by Gasteiger charge is -2.32. The highest BCUT2D eigenvalue weighted by atomic mass is 79.9. The largest absolute Gasteiger partial charge is 0.339 e. The first-order valence-corrected chi connectivity index (χ1v) is 13.4. The normalized spacial score (nSPS) is 13.9. The summed E-state index contributed by atoms with van der Waals surface area (Å²) >= 11 is 4.76. The van der Waals surface area contributed by atoms with Crippen molar-refractivity contribution in [3.63, 3.8) is 0 Å². The monoisotopic (exact) mass is 568 g/mol. The average molecular weight is 569 g/mol. The summed E-state index contributed by atoms with van der Waals surface area (Å²) in [5.74, 6) is -0.107.